The smallest absolute Gasteiger partial charge is 0.332 e. The number of nitrogen functional groups attached to an aromatic ring is 1. The highest BCUT2D eigenvalue weighted by Gasteiger charge is 2.21. The van der Waals surface area contributed by atoms with Crippen LogP contribution in [0.5, 0.6) is 5.75 Å². The number of hydrogen-bond acceptors (Lipinski definition) is 6. The van der Waals surface area contributed by atoms with Crippen LogP contribution in [-0.2, 0) is 13.6 Å². The lowest BCUT2D eigenvalue weighted by Crippen LogP contribution is -2.43. The number of methoxy groups -OCH3 is 1. The van der Waals surface area contributed by atoms with Crippen molar-refractivity contribution in [3.05, 3.63) is 50.7 Å². The van der Waals surface area contributed by atoms with Crippen molar-refractivity contribution in [2.75, 3.05) is 24.7 Å². The number of aromatic nitrogens is 2. The van der Waals surface area contributed by atoms with Gasteiger partial charge in [0.25, 0.3) is 5.56 Å². The van der Waals surface area contributed by atoms with Crippen LogP contribution >= 0.6 is 0 Å². The molecular formula is C18H24N4O4. The van der Waals surface area contributed by atoms with Crippen LogP contribution in [0.15, 0.2) is 33.9 Å². The summed E-state index contributed by atoms with van der Waals surface area (Å²) < 4.78 is 7.26. The number of carbonyl (C=O) groups excluding carboxylic acids is 1. The molecule has 0 bridgehead atoms. The molecule has 0 fully saturated rings. The average molecular weight is 360 g/mol. The SMILES string of the molecule is COc1ccc(NCC(=O)c2c(N)n(CC(C)C)c(=O)n(C)c2=O)cc1. The van der Waals surface area contributed by atoms with Gasteiger partial charge < -0.3 is 15.8 Å². The molecule has 0 unspecified atom stereocenters. The van der Waals surface area contributed by atoms with E-state index in [9.17, 15) is 14.4 Å². The minimum Gasteiger partial charge on any atom is -0.497 e. The summed E-state index contributed by atoms with van der Waals surface area (Å²) in [7, 11) is 2.91. The number of ether oxygens (including phenoxy) is 1. The van der Waals surface area contributed by atoms with Crippen molar-refractivity contribution in [3.63, 3.8) is 0 Å². The molecule has 3 N–H and O–H groups in total. The first kappa shape index (κ1) is 19.3. The van der Waals surface area contributed by atoms with Crippen molar-refractivity contribution < 1.29 is 9.53 Å². The van der Waals surface area contributed by atoms with Crippen LogP contribution in [0.4, 0.5) is 11.5 Å². The Hall–Kier alpha value is -3.03. The average Bonchev–Trinajstić information content (AvgIpc) is 2.62. The van der Waals surface area contributed by atoms with Gasteiger partial charge in [-0.3, -0.25) is 18.7 Å². The second-order valence-corrected chi connectivity index (χ2v) is 6.42. The number of ketones is 1. The topological polar surface area (TPSA) is 108 Å². The molecule has 0 aliphatic carbocycles. The van der Waals surface area contributed by atoms with Crippen molar-refractivity contribution in [1.82, 2.24) is 9.13 Å². The van der Waals surface area contributed by atoms with Gasteiger partial charge in [0.1, 0.15) is 17.1 Å². The molecule has 1 aromatic carbocycles. The lowest BCUT2D eigenvalue weighted by atomic mass is 10.1. The van der Waals surface area contributed by atoms with E-state index < -0.39 is 17.0 Å². The fourth-order valence-corrected chi connectivity index (χ4v) is 2.57. The van der Waals surface area contributed by atoms with Gasteiger partial charge in [-0.05, 0) is 30.2 Å². The van der Waals surface area contributed by atoms with Gasteiger partial charge in [0, 0.05) is 19.3 Å². The fourth-order valence-electron chi connectivity index (χ4n) is 2.57. The molecule has 2 rings (SSSR count). The highest BCUT2D eigenvalue weighted by atomic mass is 16.5. The molecule has 0 atom stereocenters. The van der Waals surface area contributed by atoms with Gasteiger partial charge in [-0.2, -0.15) is 0 Å². The van der Waals surface area contributed by atoms with E-state index in [1.54, 1.807) is 31.4 Å². The van der Waals surface area contributed by atoms with Gasteiger partial charge in [0.05, 0.1) is 13.7 Å². The van der Waals surface area contributed by atoms with E-state index in [0.29, 0.717) is 18.0 Å². The Morgan fingerprint density at radius 1 is 1.23 bits per heavy atom. The Bertz CT molecular complexity index is 911. The summed E-state index contributed by atoms with van der Waals surface area (Å²) in [5, 5.41) is 2.95. The van der Waals surface area contributed by atoms with E-state index in [4.69, 9.17) is 10.5 Å². The van der Waals surface area contributed by atoms with Gasteiger partial charge in [0.15, 0.2) is 5.78 Å². The Labute approximate surface area is 151 Å². The number of Topliss-reactive ketones (excluding diaryl/α,β-unsaturated/α-hetero) is 1. The monoisotopic (exact) mass is 360 g/mol. The number of anilines is 2. The zero-order valence-corrected chi connectivity index (χ0v) is 15.4. The highest BCUT2D eigenvalue weighted by Crippen LogP contribution is 2.15. The number of rotatable bonds is 7. The minimum atomic E-state index is -0.686. The highest BCUT2D eigenvalue weighted by molar-refractivity contribution is 6.02. The van der Waals surface area contributed by atoms with Crippen LogP contribution in [0.2, 0.25) is 0 Å². The van der Waals surface area contributed by atoms with E-state index in [2.05, 4.69) is 5.32 Å². The summed E-state index contributed by atoms with van der Waals surface area (Å²) in [4.78, 5) is 37.2. The summed E-state index contributed by atoms with van der Waals surface area (Å²) in [5.74, 6) is 0.262. The summed E-state index contributed by atoms with van der Waals surface area (Å²) in [6.07, 6.45) is 0. The maximum Gasteiger partial charge on any atom is 0.332 e. The number of nitrogens with two attached hydrogens (primary N) is 1. The van der Waals surface area contributed by atoms with Crippen molar-refractivity contribution >= 4 is 17.3 Å². The molecule has 26 heavy (non-hydrogen) atoms. The molecule has 0 radical (unpaired) electrons. The molecule has 140 valence electrons. The van der Waals surface area contributed by atoms with Crippen LogP contribution in [0.3, 0.4) is 0 Å². The maximum atomic E-state index is 12.6. The van der Waals surface area contributed by atoms with Gasteiger partial charge in [0.2, 0.25) is 0 Å². The zero-order valence-electron chi connectivity index (χ0n) is 15.4. The number of carbonyl (C=O) groups is 1. The van der Waals surface area contributed by atoms with E-state index in [0.717, 1.165) is 4.57 Å². The molecule has 1 heterocycles. The van der Waals surface area contributed by atoms with Gasteiger partial charge in [-0.15, -0.1) is 0 Å². The number of benzene rings is 1. The van der Waals surface area contributed by atoms with Crippen molar-refractivity contribution in [3.8, 4) is 5.75 Å². The van der Waals surface area contributed by atoms with Crippen LogP contribution in [0.25, 0.3) is 0 Å². The predicted octanol–water partition coefficient (Wildman–Crippen LogP) is 1.09. The summed E-state index contributed by atoms with van der Waals surface area (Å²) >= 11 is 0. The third-order valence-electron chi connectivity index (χ3n) is 3.95. The summed E-state index contributed by atoms with van der Waals surface area (Å²) in [6, 6.07) is 7.02. The number of nitrogens with zero attached hydrogens (tertiary/aromatic N) is 2. The first-order valence-electron chi connectivity index (χ1n) is 8.26. The van der Waals surface area contributed by atoms with Crippen LogP contribution < -0.4 is 27.0 Å². The van der Waals surface area contributed by atoms with E-state index >= 15 is 0 Å². The van der Waals surface area contributed by atoms with E-state index in [1.165, 1.54) is 11.6 Å². The fraction of sp³-hybridized carbons (Fsp3) is 0.389. The largest absolute Gasteiger partial charge is 0.497 e. The Morgan fingerprint density at radius 2 is 1.85 bits per heavy atom. The Morgan fingerprint density at radius 3 is 2.38 bits per heavy atom. The number of hydrogen-bond donors (Lipinski definition) is 2. The first-order valence-corrected chi connectivity index (χ1v) is 8.26. The Balaban J connectivity index is 2.31. The lowest BCUT2D eigenvalue weighted by Gasteiger charge is -2.16. The molecule has 0 spiro atoms. The second-order valence-electron chi connectivity index (χ2n) is 6.42. The molecule has 8 heteroatoms. The normalized spacial score (nSPS) is 10.8. The number of nitrogens with one attached hydrogen (secondary N) is 1. The van der Waals surface area contributed by atoms with Crippen molar-refractivity contribution in [2.24, 2.45) is 13.0 Å². The van der Waals surface area contributed by atoms with E-state index in [-0.39, 0.29) is 23.8 Å². The molecule has 0 saturated carbocycles. The third-order valence-corrected chi connectivity index (χ3v) is 3.95. The molecule has 0 amide bonds. The molecule has 0 saturated heterocycles. The standard InChI is InChI=1S/C18H24N4O4/c1-11(2)10-22-16(19)15(17(24)21(3)18(22)25)14(23)9-20-12-5-7-13(26-4)8-6-12/h5-8,11,20H,9-10,19H2,1-4H3. The van der Waals surface area contributed by atoms with Gasteiger partial charge in [-0.1, -0.05) is 13.8 Å². The van der Waals surface area contributed by atoms with Crippen molar-refractivity contribution in [2.45, 2.75) is 20.4 Å². The zero-order chi connectivity index (χ0) is 19.4. The minimum absolute atomic E-state index is 0.0895. The molecule has 8 nitrogen and oxygen atoms in total. The van der Waals surface area contributed by atoms with Gasteiger partial charge >= 0.3 is 5.69 Å². The third kappa shape index (κ3) is 3.96. The first-order chi connectivity index (χ1) is 12.3. The van der Waals surface area contributed by atoms with E-state index in [1.807, 2.05) is 13.8 Å². The second kappa shape index (κ2) is 7.90. The molecular weight excluding hydrogens is 336 g/mol. The van der Waals surface area contributed by atoms with Crippen LogP contribution in [-0.4, -0.2) is 28.6 Å². The predicted molar refractivity (Wildman–Crippen MR) is 101 cm³/mol. The van der Waals surface area contributed by atoms with Crippen molar-refractivity contribution in [1.29, 1.82) is 0 Å². The lowest BCUT2D eigenvalue weighted by molar-refractivity contribution is 0.100. The van der Waals surface area contributed by atoms with Gasteiger partial charge in [-0.25, -0.2) is 4.79 Å². The quantitative estimate of drug-likeness (QED) is 0.716. The van der Waals surface area contributed by atoms with Crippen LogP contribution in [0, 0.1) is 5.92 Å². The maximum absolute atomic E-state index is 12.6. The molecule has 0 aliphatic heterocycles. The summed E-state index contributed by atoms with van der Waals surface area (Å²) in [5.41, 5.74) is 5.31. The molecule has 0 aliphatic rings. The molecule has 1 aromatic heterocycles. The molecule has 2 aromatic rings. The van der Waals surface area contributed by atoms with Crippen LogP contribution in [0.1, 0.15) is 24.2 Å². The Kier molecular flexibility index (Phi) is 5.86. The summed E-state index contributed by atoms with van der Waals surface area (Å²) in [6.45, 7) is 4.05.